The van der Waals surface area contributed by atoms with Crippen LogP contribution in [-0.4, -0.2) is 9.97 Å². The summed E-state index contributed by atoms with van der Waals surface area (Å²) in [5.74, 6) is 0.764. The number of aromatic nitrogens is 2. The number of hydrogen-bond donors (Lipinski definition) is 0. The first-order valence-electron chi connectivity index (χ1n) is 12.8. The normalized spacial score (nSPS) is 13.4. The van der Waals surface area contributed by atoms with Crippen molar-refractivity contribution >= 4 is 10.8 Å². The van der Waals surface area contributed by atoms with Gasteiger partial charge in [-0.2, -0.15) is 0 Å². The van der Waals surface area contributed by atoms with Gasteiger partial charge in [0.2, 0.25) is 0 Å². The Bertz CT molecular complexity index is 1780. The number of nitrogens with zero attached hydrogens (tertiary/aromatic N) is 2. The molecule has 0 bridgehead atoms. The second kappa shape index (κ2) is 8.25. The minimum absolute atomic E-state index is 0.243. The zero-order valence-corrected chi connectivity index (χ0v) is 20.9. The van der Waals surface area contributed by atoms with Gasteiger partial charge in [0.1, 0.15) is 0 Å². The summed E-state index contributed by atoms with van der Waals surface area (Å²) in [6.45, 7) is 4.58. The van der Waals surface area contributed by atoms with Gasteiger partial charge in [-0.3, -0.25) is 0 Å². The van der Waals surface area contributed by atoms with Crippen LogP contribution in [-0.2, 0) is 5.41 Å². The second-order valence-corrected chi connectivity index (χ2v) is 10.3. The Morgan fingerprint density at radius 2 is 1.16 bits per heavy atom. The first-order valence-corrected chi connectivity index (χ1v) is 12.8. The fourth-order valence-electron chi connectivity index (χ4n) is 5.74. The Labute approximate surface area is 217 Å². The Kier molecular flexibility index (Phi) is 4.84. The van der Waals surface area contributed by atoms with E-state index in [2.05, 4.69) is 129 Å². The molecule has 0 saturated carbocycles. The van der Waals surface area contributed by atoms with E-state index in [0.717, 1.165) is 39.5 Å². The summed E-state index contributed by atoms with van der Waals surface area (Å²) in [4.78, 5) is 10.6. The van der Waals surface area contributed by atoms with Gasteiger partial charge in [0.25, 0.3) is 0 Å². The summed E-state index contributed by atoms with van der Waals surface area (Å²) >= 11 is 0. The van der Waals surface area contributed by atoms with Crippen molar-refractivity contribution in [2.24, 2.45) is 0 Å². The third-order valence-corrected chi connectivity index (χ3v) is 7.63. The van der Waals surface area contributed by atoms with Crippen LogP contribution in [0.3, 0.4) is 0 Å². The molecule has 5 aromatic carbocycles. The third kappa shape index (κ3) is 3.41. The topological polar surface area (TPSA) is 25.8 Å². The molecule has 0 spiro atoms. The van der Waals surface area contributed by atoms with Crippen LogP contribution in [0.1, 0.15) is 25.1 Å². The van der Waals surface area contributed by atoms with E-state index in [1.54, 1.807) is 0 Å². The quantitative estimate of drug-likeness (QED) is 0.256. The van der Waals surface area contributed by atoms with Crippen LogP contribution in [0.25, 0.3) is 55.7 Å². The molecule has 0 amide bonds. The molecular formula is C35H26N2. The predicted octanol–water partition coefficient (Wildman–Crippen LogP) is 8.94. The summed E-state index contributed by atoms with van der Waals surface area (Å²) < 4.78 is 0. The molecule has 2 nitrogen and oxygen atoms in total. The van der Waals surface area contributed by atoms with Gasteiger partial charge >= 0.3 is 0 Å². The maximum absolute atomic E-state index is 5.31. The minimum atomic E-state index is -0.243. The van der Waals surface area contributed by atoms with Crippen molar-refractivity contribution in [3.05, 3.63) is 133 Å². The highest BCUT2D eigenvalue weighted by Crippen LogP contribution is 2.53. The van der Waals surface area contributed by atoms with Gasteiger partial charge in [0.05, 0.1) is 11.4 Å². The second-order valence-electron chi connectivity index (χ2n) is 10.3. The molecule has 1 heterocycles. The zero-order chi connectivity index (χ0) is 25.0. The molecule has 1 aromatic heterocycles. The summed E-state index contributed by atoms with van der Waals surface area (Å²) in [5, 5.41) is 2.50. The summed E-state index contributed by atoms with van der Waals surface area (Å²) in [5.41, 5.74) is 10.1. The molecule has 2 heteroatoms. The van der Waals surface area contributed by atoms with E-state index in [1.807, 2.05) is 6.07 Å². The lowest BCUT2D eigenvalue weighted by Crippen LogP contribution is -2.17. The molecule has 0 atom stereocenters. The van der Waals surface area contributed by atoms with E-state index < -0.39 is 0 Å². The monoisotopic (exact) mass is 474 g/mol. The summed E-state index contributed by atoms with van der Waals surface area (Å²) in [6.07, 6.45) is 0. The van der Waals surface area contributed by atoms with E-state index in [-0.39, 0.29) is 5.41 Å². The largest absolute Gasteiger partial charge is 0.231 e. The molecule has 6 aromatic rings. The third-order valence-electron chi connectivity index (χ3n) is 7.63. The number of rotatable bonds is 3. The fraction of sp³-hybridized carbons (Fsp3) is 0.0857. The van der Waals surface area contributed by atoms with Crippen molar-refractivity contribution in [3.8, 4) is 44.9 Å². The lowest BCUT2D eigenvalue weighted by atomic mass is 9.84. The molecule has 0 unspecified atom stereocenters. The highest BCUT2D eigenvalue weighted by molar-refractivity contribution is 6.05. The van der Waals surface area contributed by atoms with Gasteiger partial charge in [-0.05, 0) is 39.1 Å². The molecule has 0 saturated heterocycles. The van der Waals surface area contributed by atoms with Crippen LogP contribution < -0.4 is 0 Å². The smallest absolute Gasteiger partial charge is 0.160 e. The van der Waals surface area contributed by atoms with Crippen molar-refractivity contribution in [3.63, 3.8) is 0 Å². The van der Waals surface area contributed by atoms with Crippen molar-refractivity contribution in [2.45, 2.75) is 19.3 Å². The molecule has 0 N–H and O–H groups in total. The first-order chi connectivity index (χ1) is 18.1. The Morgan fingerprint density at radius 3 is 1.95 bits per heavy atom. The van der Waals surface area contributed by atoms with E-state index in [4.69, 9.17) is 9.97 Å². The molecular weight excluding hydrogens is 448 g/mol. The molecule has 1 aliphatic carbocycles. The highest BCUT2D eigenvalue weighted by atomic mass is 14.9. The SMILES string of the molecule is CC1(C)c2ccc3ccccc3c2-c2c(-c3ccccc3)nc(-c3cccc(-c4ccccc4)c3)nc21. The maximum atomic E-state index is 5.31. The minimum Gasteiger partial charge on any atom is -0.231 e. The Morgan fingerprint density at radius 1 is 0.514 bits per heavy atom. The van der Waals surface area contributed by atoms with Crippen molar-refractivity contribution in [1.82, 2.24) is 9.97 Å². The van der Waals surface area contributed by atoms with Gasteiger partial charge < -0.3 is 0 Å². The molecule has 0 fully saturated rings. The number of fused-ring (bicyclic) bond motifs is 5. The van der Waals surface area contributed by atoms with Gasteiger partial charge in [-0.1, -0.05) is 129 Å². The molecule has 1 aliphatic rings. The van der Waals surface area contributed by atoms with E-state index in [9.17, 15) is 0 Å². The Hall–Kier alpha value is -4.56. The van der Waals surface area contributed by atoms with Crippen molar-refractivity contribution in [2.75, 3.05) is 0 Å². The van der Waals surface area contributed by atoms with Gasteiger partial charge in [0.15, 0.2) is 5.82 Å². The zero-order valence-electron chi connectivity index (χ0n) is 20.9. The molecule has 37 heavy (non-hydrogen) atoms. The first kappa shape index (κ1) is 21.7. The van der Waals surface area contributed by atoms with E-state index >= 15 is 0 Å². The average molecular weight is 475 g/mol. The summed E-state index contributed by atoms with van der Waals surface area (Å²) in [7, 11) is 0. The highest BCUT2D eigenvalue weighted by Gasteiger charge is 2.40. The maximum Gasteiger partial charge on any atom is 0.160 e. The predicted molar refractivity (Wildman–Crippen MR) is 153 cm³/mol. The lowest BCUT2D eigenvalue weighted by molar-refractivity contribution is 0.636. The van der Waals surface area contributed by atoms with Crippen LogP contribution in [0.5, 0.6) is 0 Å². The standard InChI is InChI=1S/C35H26N2/c1-35(2)29-21-20-24-14-9-10-19-28(24)30(29)31-32(25-15-7-4-8-16-25)36-34(37-33(31)35)27-18-11-17-26(22-27)23-12-5-3-6-13-23/h3-22H,1-2H3. The molecule has 7 rings (SSSR count). The summed E-state index contributed by atoms with van der Waals surface area (Å²) in [6, 6.07) is 42.8. The fourth-order valence-corrected chi connectivity index (χ4v) is 5.74. The van der Waals surface area contributed by atoms with E-state index in [0.29, 0.717) is 0 Å². The van der Waals surface area contributed by atoms with Crippen molar-refractivity contribution < 1.29 is 0 Å². The van der Waals surface area contributed by atoms with Crippen LogP contribution in [0, 0.1) is 0 Å². The Balaban J connectivity index is 1.53. The molecule has 176 valence electrons. The number of benzene rings is 5. The van der Waals surface area contributed by atoms with Crippen molar-refractivity contribution in [1.29, 1.82) is 0 Å². The van der Waals surface area contributed by atoms with Crippen LogP contribution in [0.2, 0.25) is 0 Å². The lowest BCUT2D eigenvalue weighted by Gasteiger charge is -2.21. The average Bonchev–Trinajstić information content (AvgIpc) is 3.20. The van der Waals surface area contributed by atoms with Gasteiger partial charge in [0, 0.05) is 22.1 Å². The molecule has 0 radical (unpaired) electrons. The van der Waals surface area contributed by atoms with Crippen LogP contribution in [0.4, 0.5) is 0 Å². The van der Waals surface area contributed by atoms with Gasteiger partial charge in [-0.25, -0.2) is 9.97 Å². The molecule has 0 aliphatic heterocycles. The van der Waals surface area contributed by atoms with E-state index in [1.165, 1.54) is 27.5 Å². The number of hydrogen-bond acceptors (Lipinski definition) is 2. The van der Waals surface area contributed by atoms with Crippen LogP contribution in [0.15, 0.2) is 121 Å². The van der Waals surface area contributed by atoms with Gasteiger partial charge in [-0.15, -0.1) is 0 Å². The van der Waals surface area contributed by atoms with Crippen LogP contribution >= 0.6 is 0 Å².